The number of hydrogen-bond acceptors (Lipinski definition) is 2. The van der Waals surface area contributed by atoms with E-state index in [2.05, 4.69) is 22.4 Å². The molecule has 2 heterocycles. The minimum absolute atomic E-state index is 0.0580. The Morgan fingerprint density at radius 2 is 1.81 bits per heavy atom. The van der Waals surface area contributed by atoms with Gasteiger partial charge in [-0.1, -0.05) is 42.1 Å². The van der Waals surface area contributed by atoms with Gasteiger partial charge in [0, 0.05) is 16.1 Å². The number of thioether (sulfide) groups is 1. The molecule has 1 aliphatic rings. The first-order chi connectivity index (χ1) is 10.3. The molecule has 0 fully saturated rings. The van der Waals surface area contributed by atoms with E-state index in [1.807, 2.05) is 48.5 Å². The van der Waals surface area contributed by atoms with Gasteiger partial charge in [0.25, 0.3) is 5.91 Å². The van der Waals surface area contributed by atoms with Gasteiger partial charge in [0.1, 0.15) is 0 Å². The molecule has 0 bridgehead atoms. The summed E-state index contributed by atoms with van der Waals surface area (Å²) in [6.45, 7) is 0. The summed E-state index contributed by atoms with van der Waals surface area (Å²) in [5, 5.41) is 4.07. The number of hydrogen-bond donors (Lipinski definition) is 2. The van der Waals surface area contributed by atoms with Crippen molar-refractivity contribution in [2.75, 3.05) is 5.32 Å². The average molecular weight is 292 g/mol. The van der Waals surface area contributed by atoms with Gasteiger partial charge in [0.2, 0.25) is 0 Å². The fourth-order valence-corrected chi connectivity index (χ4v) is 3.36. The lowest BCUT2D eigenvalue weighted by Gasteiger charge is -2.17. The van der Waals surface area contributed by atoms with Crippen molar-refractivity contribution in [2.45, 2.75) is 4.90 Å². The number of aromatic nitrogens is 1. The van der Waals surface area contributed by atoms with Crippen LogP contribution in [-0.4, -0.2) is 10.9 Å². The maximum atomic E-state index is 12.2. The number of benzene rings is 2. The summed E-state index contributed by atoms with van der Waals surface area (Å²) < 4.78 is 0. The lowest BCUT2D eigenvalue weighted by molar-refractivity contribution is -0.112. The second-order valence-corrected chi connectivity index (χ2v) is 5.96. The highest BCUT2D eigenvalue weighted by Crippen LogP contribution is 2.38. The number of amides is 1. The summed E-state index contributed by atoms with van der Waals surface area (Å²) in [4.78, 5) is 17.2. The van der Waals surface area contributed by atoms with Gasteiger partial charge in [0.15, 0.2) is 0 Å². The van der Waals surface area contributed by atoms with Crippen LogP contribution in [0.2, 0.25) is 0 Å². The Morgan fingerprint density at radius 3 is 2.71 bits per heavy atom. The zero-order valence-corrected chi connectivity index (χ0v) is 11.9. The lowest BCUT2D eigenvalue weighted by Crippen LogP contribution is -2.17. The van der Waals surface area contributed by atoms with Gasteiger partial charge in [-0.3, -0.25) is 4.79 Å². The van der Waals surface area contributed by atoms with E-state index in [0.29, 0.717) is 4.91 Å². The summed E-state index contributed by atoms with van der Waals surface area (Å²) in [7, 11) is 0. The molecule has 0 atom stereocenters. The van der Waals surface area contributed by atoms with E-state index in [-0.39, 0.29) is 5.91 Å². The molecule has 2 aromatic carbocycles. The molecule has 0 spiro atoms. The van der Waals surface area contributed by atoms with E-state index in [0.717, 1.165) is 27.2 Å². The summed E-state index contributed by atoms with van der Waals surface area (Å²) in [5.74, 6) is -0.0580. The molecule has 1 aromatic heterocycles. The third-order valence-electron chi connectivity index (χ3n) is 3.42. The summed E-state index contributed by atoms with van der Waals surface area (Å²) in [6.07, 6.45) is 1.90. The van der Waals surface area contributed by atoms with Gasteiger partial charge in [-0.15, -0.1) is 0 Å². The van der Waals surface area contributed by atoms with Crippen molar-refractivity contribution in [2.24, 2.45) is 0 Å². The summed E-state index contributed by atoms with van der Waals surface area (Å²) in [6, 6.07) is 18.0. The smallest absolute Gasteiger partial charge is 0.262 e. The van der Waals surface area contributed by atoms with Crippen molar-refractivity contribution in [3.05, 3.63) is 65.2 Å². The molecule has 4 heteroatoms. The molecule has 0 radical (unpaired) electrons. The molecule has 0 saturated carbocycles. The monoisotopic (exact) mass is 292 g/mol. The Labute approximate surface area is 126 Å². The van der Waals surface area contributed by atoms with Crippen molar-refractivity contribution in [3.8, 4) is 0 Å². The van der Waals surface area contributed by atoms with Crippen LogP contribution >= 0.6 is 11.8 Å². The molecule has 102 valence electrons. The Morgan fingerprint density at radius 1 is 1.00 bits per heavy atom. The molecule has 0 saturated heterocycles. The Bertz CT molecular complexity index is 846. The van der Waals surface area contributed by atoms with Gasteiger partial charge < -0.3 is 10.3 Å². The highest BCUT2D eigenvalue weighted by atomic mass is 32.2. The van der Waals surface area contributed by atoms with E-state index in [4.69, 9.17) is 0 Å². The van der Waals surface area contributed by atoms with E-state index in [1.165, 1.54) is 11.8 Å². The predicted octanol–water partition coefficient (Wildman–Crippen LogP) is 4.25. The van der Waals surface area contributed by atoms with Crippen LogP contribution in [0, 0.1) is 0 Å². The van der Waals surface area contributed by atoms with Crippen molar-refractivity contribution in [1.29, 1.82) is 0 Å². The van der Waals surface area contributed by atoms with E-state index < -0.39 is 0 Å². The Hall–Kier alpha value is -2.46. The molecule has 3 nitrogen and oxygen atoms in total. The quantitative estimate of drug-likeness (QED) is 0.658. The zero-order chi connectivity index (χ0) is 14.2. The SMILES string of the molecule is O=C1Nc2ccccc2S/C1=C/c1cc2ccccc2[nH]1. The van der Waals surface area contributed by atoms with E-state index >= 15 is 0 Å². The standard InChI is InChI=1S/C17H12N2OS/c20-17-16(21-15-8-4-3-7-14(15)19-17)10-12-9-11-5-1-2-6-13(11)18-12/h1-10,18H,(H,19,20)/b16-10+. The number of fused-ring (bicyclic) bond motifs is 2. The second-order valence-electron chi connectivity index (χ2n) is 4.87. The fraction of sp³-hybridized carbons (Fsp3) is 0. The minimum atomic E-state index is -0.0580. The molecule has 2 N–H and O–H groups in total. The predicted molar refractivity (Wildman–Crippen MR) is 87.2 cm³/mol. The van der Waals surface area contributed by atoms with Gasteiger partial charge >= 0.3 is 0 Å². The summed E-state index contributed by atoms with van der Waals surface area (Å²) in [5.41, 5.74) is 2.89. The van der Waals surface area contributed by atoms with E-state index in [9.17, 15) is 4.79 Å². The molecule has 1 aliphatic heterocycles. The third kappa shape index (κ3) is 2.23. The van der Waals surface area contributed by atoms with Gasteiger partial charge in [-0.25, -0.2) is 0 Å². The molecule has 4 rings (SSSR count). The highest BCUT2D eigenvalue weighted by Gasteiger charge is 2.20. The summed E-state index contributed by atoms with van der Waals surface area (Å²) >= 11 is 1.50. The number of aromatic amines is 1. The first-order valence-electron chi connectivity index (χ1n) is 6.67. The maximum Gasteiger partial charge on any atom is 0.262 e. The van der Waals surface area contributed by atoms with Crippen LogP contribution in [0.1, 0.15) is 5.69 Å². The normalized spacial score (nSPS) is 16.0. The fourth-order valence-electron chi connectivity index (χ4n) is 2.42. The molecule has 0 unspecified atom stereocenters. The second kappa shape index (κ2) is 4.82. The highest BCUT2D eigenvalue weighted by molar-refractivity contribution is 8.04. The third-order valence-corrected chi connectivity index (χ3v) is 4.52. The molecular weight excluding hydrogens is 280 g/mol. The zero-order valence-electron chi connectivity index (χ0n) is 11.1. The van der Waals surface area contributed by atoms with Crippen molar-refractivity contribution >= 4 is 40.3 Å². The molecule has 3 aromatic rings. The number of para-hydroxylation sites is 2. The van der Waals surface area contributed by atoms with Crippen LogP contribution in [0.4, 0.5) is 5.69 Å². The molecule has 1 amide bonds. The average Bonchev–Trinajstić information content (AvgIpc) is 2.90. The van der Waals surface area contributed by atoms with Gasteiger partial charge in [-0.2, -0.15) is 0 Å². The van der Waals surface area contributed by atoms with Crippen molar-refractivity contribution in [3.63, 3.8) is 0 Å². The molecule has 0 aliphatic carbocycles. The lowest BCUT2D eigenvalue weighted by atomic mass is 10.2. The molecular formula is C17H12N2OS. The van der Waals surface area contributed by atoms with E-state index in [1.54, 1.807) is 0 Å². The number of nitrogens with one attached hydrogen (secondary N) is 2. The van der Waals surface area contributed by atoms with Crippen molar-refractivity contribution in [1.82, 2.24) is 4.98 Å². The number of anilines is 1. The van der Waals surface area contributed by atoms with Gasteiger partial charge in [0.05, 0.1) is 10.6 Å². The van der Waals surface area contributed by atoms with Crippen LogP contribution in [0.3, 0.4) is 0 Å². The van der Waals surface area contributed by atoms with Gasteiger partial charge in [-0.05, 0) is 35.7 Å². The maximum absolute atomic E-state index is 12.2. The van der Waals surface area contributed by atoms with Crippen LogP contribution < -0.4 is 5.32 Å². The van der Waals surface area contributed by atoms with Crippen LogP contribution in [0.5, 0.6) is 0 Å². The Kier molecular flexibility index (Phi) is 2.82. The molecule has 21 heavy (non-hydrogen) atoms. The topological polar surface area (TPSA) is 44.9 Å². The van der Waals surface area contributed by atoms with Crippen LogP contribution in [-0.2, 0) is 4.79 Å². The first kappa shape index (κ1) is 12.3. The van der Waals surface area contributed by atoms with Crippen LogP contribution in [0.25, 0.3) is 17.0 Å². The first-order valence-corrected chi connectivity index (χ1v) is 7.49. The van der Waals surface area contributed by atoms with Crippen LogP contribution in [0.15, 0.2) is 64.4 Å². The largest absolute Gasteiger partial charge is 0.355 e. The number of carbonyl (C=O) groups is 1. The number of H-pyrrole nitrogens is 1. The number of rotatable bonds is 1. The number of carbonyl (C=O) groups excluding carboxylic acids is 1. The van der Waals surface area contributed by atoms with Crippen molar-refractivity contribution < 1.29 is 4.79 Å². The Balaban J connectivity index is 1.74. The minimum Gasteiger partial charge on any atom is -0.355 e.